The summed E-state index contributed by atoms with van der Waals surface area (Å²) in [5.41, 5.74) is 9.40. The van der Waals surface area contributed by atoms with Gasteiger partial charge in [-0.15, -0.1) is 24.8 Å². The van der Waals surface area contributed by atoms with Crippen LogP contribution in [0.4, 0.5) is 0 Å². The highest BCUT2D eigenvalue weighted by atomic mass is 35.5. The van der Waals surface area contributed by atoms with E-state index >= 15 is 0 Å². The second kappa shape index (κ2) is 11.9. The fraction of sp³-hybridized carbons (Fsp3) is 0.316. The lowest BCUT2D eigenvalue weighted by molar-refractivity contribution is -0.121. The summed E-state index contributed by atoms with van der Waals surface area (Å²) >= 11 is 0. The Bertz CT molecular complexity index is 636. The minimum Gasteiger partial charge on any atom is -0.352 e. The van der Waals surface area contributed by atoms with Crippen molar-refractivity contribution in [2.75, 3.05) is 14.1 Å². The third-order valence-corrected chi connectivity index (χ3v) is 3.61. The first-order valence-electron chi connectivity index (χ1n) is 7.84. The molecule has 1 atom stereocenters. The fourth-order valence-corrected chi connectivity index (χ4v) is 2.49. The summed E-state index contributed by atoms with van der Waals surface area (Å²) in [6.07, 6.45) is 0.293. The highest BCUT2D eigenvalue weighted by molar-refractivity contribution is 5.85. The molecule has 0 bridgehead atoms. The van der Waals surface area contributed by atoms with E-state index in [9.17, 15) is 4.79 Å². The SMILES string of the molecule is CN(C)Cc1cccc(CNC(=O)CC(N)c2ccccc2)c1.Cl.Cl. The van der Waals surface area contributed by atoms with Crippen LogP contribution in [0, 0.1) is 0 Å². The monoisotopic (exact) mass is 383 g/mol. The molecular weight excluding hydrogens is 357 g/mol. The van der Waals surface area contributed by atoms with E-state index in [1.54, 1.807) is 0 Å². The molecule has 0 aliphatic heterocycles. The Morgan fingerprint density at radius 1 is 1.04 bits per heavy atom. The predicted octanol–water partition coefficient (Wildman–Crippen LogP) is 3.30. The Labute approximate surface area is 162 Å². The zero-order chi connectivity index (χ0) is 16.7. The molecule has 0 heterocycles. The number of hydrogen-bond acceptors (Lipinski definition) is 3. The van der Waals surface area contributed by atoms with E-state index in [4.69, 9.17) is 5.73 Å². The molecule has 6 heteroatoms. The van der Waals surface area contributed by atoms with Crippen LogP contribution in [0.1, 0.15) is 29.2 Å². The second-order valence-corrected chi connectivity index (χ2v) is 6.06. The molecule has 0 saturated heterocycles. The van der Waals surface area contributed by atoms with Crippen molar-refractivity contribution in [1.82, 2.24) is 10.2 Å². The third kappa shape index (κ3) is 8.36. The molecular formula is C19H27Cl2N3O. The maximum Gasteiger partial charge on any atom is 0.222 e. The van der Waals surface area contributed by atoms with Crippen molar-refractivity contribution in [3.63, 3.8) is 0 Å². The average Bonchev–Trinajstić information content (AvgIpc) is 2.53. The molecule has 2 aromatic rings. The molecule has 2 aromatic carbocycles. The van der Waals surface area contributed by atoms with Gasteiger partial charge in [-0.05, 0) is 30.8 Å². The Morgan fingerprint density at radius 3 is 2.32 bits per heavy atom. The van der Waals surface area contributed by atoms with Crippen molar-refractivity contribution in [3.05, 3.63) is 71.3 Å². The summed E-state index contributed by atoms with van der Waals surface area (Å²) in [6.45, 7) is 1.42. The molecule has 138 valence electrons. The first-order chi connectivity index (χ1) is 11.0. The van der Waals surface area contributed by atoms with Crippen molar-refractivity contribution in [2.45, 2.75) is 25.6 Å². The van der Waals surface area contributed by atoms with Gasteiger partial charge in [-0.3, -0.25) is 4.79 Å². The fourth-order valence-electron chi connectivity index (χ4n) is 2.49. The number of nitrogens with two attached hydrogens (primary N) is 1. The molecule has 25 heavy (non-hydrogen) atoms. The van der Waals surface area contributed by atoms with Crippen molar-refractivity contribution in [3.8, 4) is 0 Å². The van der Waals surface area contributed by atoms with E-state index in [0.717, 1.165) is 17.7 Å². The minimum atomic E-state index is -0.267. The first kappa shape index (κ1) is 23.4. The van der Waals surface area contributed by atoms with Gasteiger partial charge in [-0.2, -0.15) is 0 Å². The van der Waals surface area contributed by atoms with Crippen LogP contribution in [0.3, 0.4) is 0 Å². The number of carbonyl (C=O) groups excluding carboxylic acids is 1. The molecule has 0 saturated carbocycles. The van der Waals surface area contributed by atoms with Gasteiger partial charge in [0.15, 0.2) is 0 Å². The number of hydrogen-bond donors (Lipinski definition) is 2. The molecule has 0 aliphatic rings. The Hall–Kier alpha value is -1.59. The van der Waals surface area contributed by atoms with Crippen LogP contribution >= 0.6 is 24.8 Å². The van der Waals surface area contributed by atoms with Crippen molar-refractivity contribution >= 4 is 30.7 Å². The van der Waals surface area contributed by atoms with E-state index in [2.05, 4.69) is 22.3 Å². The van der Waals surface area contributed by atoms with Crippen LogP contribution in [-0.2, 0) is 17.9 Å². The lowest BCUT2D eigenvalue weighted by atomic mass is 10.0. The zero-order valence-electron chi connectivity index (χ0n) is 14.6. The summed E-state index contributed by atoms with van der Waals surface area (Å²) in [6, 6.07) is 17.7. The van der Waals surface area contributed by atoms with Crippen LogP contribution in [0.15, 0.2) is 54.6 Å². The quantitative estimate of drug-likeness (QED) is 0.770. The van der Waals surface area contributed by atoms with E-state index in [1.165, 1.54) is 5.56 Å². The highest BCUT2D eigenvalue weighted by Crippen LogP contribution is 2.13. The average molecular weight is 384 g/mol. The van der Waals surface area contributed by atoms with Gasteiger partial charge in [-0.1, -0.05) is 54.6 Å². The minimum absolute atomic E-state index is 0. The van der Waals surface area contributed by atoms with Crippen molar-refractivity contribution in [1.29, 1.82) is 0 Å². The van der Waals surface area contributed by atoms with Gasteiger partial charge in [0, 0.05) is 25.6 Å². The largest absolute Gasteiger partial charge is 0.352 e. The molecule has 0 radical (unpaired) electrons. The lowest BCUT2D eigenvalue weighted by Crippen LogP contribution is -2.27. The zero-order valence-corrected chi connectivity index (χ0v) is 16.3. The van der Waals surface area contributed by atoms with E-state index in [0.29, 0.717) is 13.0 Å². The molecule has 4 nitrogen and oxygen atoms in total. The maximum atomic E-state index is 12.1. The van der Waals surface area contributed by atoms with Gasteiger partial charge in [0.1, 0.15) is 0 Å². The van der Waals surface area contributed by atoms with Gasteiger partial charge in [0.05, 0.1) is 0 Å². The van der Waals surface area contributed by atoms with Gasteiger partial charge >= 0.3 is 0 Å². The second-order valence-electron chi connectivity index (χ2n) is 6.06. The Balaban J connectivity index is 0.00000288. The molecule has 1 unspecified atom stereocenters. The number of carbonyl (C=O) groups is 1. The molecule has 0 fully saturated rings. The smallest absolute Gasteiger partial charge is 0.222 e. The number of nitrogens with one attached hydrogen (secondary N) is 1. The standard InChI is InChI=1S/C19H25N3O.2ClH/c1-22(2)14-16-8-6-7-15(11-16)13-21-19(23)12-18(20)17-9-4-3-5-10-17;;/h3-11,18H,12-14,20H2,1-2H3,(H,21,23);2*1H. The van der Waals surface area contributed by atoms with Gasteiger partial charge < -0.3 is 16.0 Å². The molecule has 3 N–H and O–H groups in total. The summed E-state index contributed by atoms with van der Waals surface area (Å²) in [4.78, 5) is 14.2. The lowest BCUT2D eigenvalue weighted by Gasteiger charge is -2.13. The molecule has 1 amide bonds. The van der Waals surface area contributed by atoms with Gasteiger partial charge in [0.25, 0.3) is 0 Å². The summed E-state index contributed by atoms with van der Waals surface area (Å²) in [5.74, 6) is -0.0284. The van der Waals surface area contributed by atoms with E-state index < -0.39 is 0 Å². The van der Waals surface area contributed by atoms with E-state index in [1.807, 2.05) is 56.6 Å². The molecule has 2 rings (SSSR count). The van der Waals surface area contributed by atoms with Crippen LogP contribution in [0.25, 0.3) is 0 Å². The maximum absolute atomic E-state index is 12.1. The van der Waals surface area contributed by atoms with Crippen molar-refractivity contribution < 1.29 is 4.79 Å². The Morgan fingerprint density at radius 2 is 1.68 bits per heavy atom. The van der Waals surface area contributed by atoms with Crippen LogP contribution in [-0.4, -0.2) is 24.9 Å². The number of nitrogens with zero attached hydrogens (tertiary/aromatic N) is 1. The van der Waals surface area contributed by atoms with Gasteiger partial charge in [-0.25, -0.2) is 0 Å². The topological polar surface area (TPSA) is 58.4 Å². The summed E-state index contributed by atoms with van der Waals surface area (Å²) in [7, 11) is 4.08. The number of amides is 1. The number of halogens is 2. The van der Waals surface area contributed by atoms with Crippen molar-refractivity contribution in [2.24, 2.45) is 5.73 Å². The van der Waals surface area contributed by atoms with Crippen LogP contribution in [0.2, 0.25) is 0 Å². The summed E-state index contributed by atoms with van der Waals surface area (Å²) in [5, 5.41) is 2.95. The van der Waals surface area contributed by atoms with Crippen LogP contribution in [0.5, 0.6) is 0 Å². The van der Waals surface area contributed by atoms with Gasteiger partial charge in [0.2, 0.25) is 5.91 Å². The molecule has 0 spiro atoms. The summed E-state index contributed by atoms with van der Waals surface area (Å²) < 4.78 is 0. The highest BCUT2D eigenvalue weighted by Gasteiger charge is 2.11. The normalized spacial score (nSPS) is 11.2. The third-order valence-electron chi connectivity index (χ3n) is 3.61. The first-order valence-corrected chi connectivity index (χ1v) is 7.84. The van der Waals surface area contributed by atoms with E-state index in [-0.39, 0.29) is 36.8 Å². The predicted molar refractivity (Wildman–Crippen MR) is 108 cm³/mol. The van der Waals surface area contributed by atoms with Crippen LogP contribution < -0.4 is 11.1 Å². The number of benzene rings is 2. The Kier molecular flexibility index (Phi) is 11.1. The molecule has 0 aliphatic carbocycles. The number of rotatable bonds is 7. The molecule has 0 aromatic heterocycles.